The van der Waals surface area contributed by atoms with Crippen molar-refractivity contribution in [3.8, 4) is 0 Å². The summed E-state index contributed by atoms with van der Waals surface area (Å²) in [7, 11) is 0. The molecule has 1 aliphatic heterocycles. The van der Waals surface area contributed by atoms with Crippen molar-refractivity contribution in [2.45, 2.75) is 13.8 Å². The van der Waals surface area contributed by atoms with E-state index < -0.39 is 0 Å². The number of hydrogen-bond acceptors (Lipinski definition) is 2. The maximum Gasteiger partial charge on any atom is 0.0680 e. The number of nitrogens with zero attached hydrogens (tertiary/aromatic N) is 1. The average molecular weight is 140 g/mol. The highest BCUT2D eigenvalue weighted by Crippen LogP contribution is 2.12. The molecule has 0 spiro atoms. The van der Waals surface area contributed by atoms with E-state index >= 15 is 0 Å². The van der Waals surface area contributed by atoms with Crippen molar-refractivity contribution >= 4 is 0 Å². The van der Waals surface area contributed by atoms with Crippen LogP contribution in [0, 0.1) is 5.92 Å². The Hall–Kier alpha value is -0.500. The van der Waals surface area contributed by atoms with Gasteiger partial charge < -0.3 is 4.90 Å². The second kappa shape index (κ2) is 3.06. The van der Waals surface area contributed by atoms with Crippen LogP contribution in [0.5, 0.6) is 0 Å². The lowest BCUT2D eigenvalue weighted by Gasteiger charge is -2.22. The van der Waals surface area contributed by atoms with Crippen molar-refractivity contribution in [3.05, 3.63) is 12.3 Å². The Balaban J connectivity index is 2.40. The fraction of sp³-hybridized carbons (Fsp3) is 0.750. The van der Waals surface area contributed by atoms with Gasteiger partial charge >= 0.3 is 0 Å². The van der Waals surface area contributed by atoms with E-state index in [-0.39, 0.29) is 0 Å². The fourth-order valence-electron chi connectivity index (χ4n) is 1.12. The SMILES string of the molecule is C=C(C(C)C)N1CCNC1. The van der Waals surface area contributed by atoms with Crippen molar-refractivity contribution in [1.29, 1.82) is 0 Å². The normalized spacial score (nSPS) is 18.5. The van der Waals surface area contributed by atoms with Gasteiger partial charge in [-0.05, 0) is 5.92 Å². The molecule has 0 amide bonds. The second-order valence-electron chi connectivity index (χ2n) is 3.07. The molecule has 0 radical (unpaired) electrons. The molecule has 0 unspecified atom stereocenters. The maximum atomic E-state index is 4.02. The molecule has 1 N–H and O–H groups in total. The van der Waals surface area contributed by atoms with Gasteiger partial charge in [0.2, 0.25) is 0 Å². The number of hydrogen-bond donors (Lipinski definition) is 1. The summed E-state index contributed by atoms with van der Waals surface area (Å²) in [5.41, 5.74) is 1.25. The predicted octanol–water partition coefficient (Wildman–Crippen LogP) is 1.02. The van der Waals surface area contributed by atoms with Crippen LogP contribution >= 0.6 is 0 Å². The van der Waals surface area contributed by atoms with Crippen molar-refractivity contribution in [2.75, 3.05) is 19.8 Å². The Morgan fingerprint density at radius 1 is 1.60 bits per heavy atom. The Kier molecular flexibility index (Phi) is 2.33. The molecule has 0 atom stereocenters. The first kappa shape index (κ1) is 7.61. The van der Waals surface area contributed by atoms with E-state index in [9.17, 15) is 0 Å². The Bertz CT molecular complexity index is 123. The lowest BCUT2D eigenvalue weighted by molar-refractivity contribution is 0.378. The highest BCUT2D eigenvalue weighted by atomic mass is 15.3. The summed E-state index contributed by atoms with van der Waals surface area (Å²) in [6, 6.07) is 0. The molecule has 0 aromatic heterocycles. The number of rotatable bonds is 2. The number of nitrogens with one attached hydrogen (secondary N) is 1. The molecule has 0 aromatic carbocycles. The first-order valence-corrected chi connectivity index (χ1v) is 3.86. The lowest BCUT2D eigenvalue weighted by atomic mass is 10.1. The predicted molar refractivity (Wildman–Crippen MR) is 43.6 cm³/mol. The van der Waals surface area contributed by atoms with Gasteiger partial charge in [-0.15, -0.1) is 0 Å². The van der Waals surface area contributed by atoms with Gasteiger partial charge in [-0.3, -0.25) is 5.32 Å². The first-order chi connectivity index (χ1) is 4.72. The largest absolute Gasteiger partial charge is 0.361 e. The quantitative estimate of drug-likeness (QED) is 0.616. The third kappa shape index (κ3) is 1.51. The van der Waals surface area contributed by atoms with E-state index in [1.165, 1.54) is 5.70 Å². The molecule has 0 saturated carbocycles. The zero-order valence-corrected chi connectivity index (χ0v) is 6.85. The summed E-state index contributed by atoms with van der Waals surface area (Å²) >= 11 is 0. The minimum Gasteiger partial charge on any atom is -0.361 e. The van der Waals surface area contributed by atoms with E-state index in [1.54, 1.807) is 0 Å². The van der Waals surface area contributed by atoms with Gasteiger partial charge in [-0.1, -0.05) is 20.4 Å². The summed E-state index contributed by atoms with van der Waals surface area (Å²) in [4.78, 5) is 2.30. The molecular formula is C8H16N2. The zero-order chi connectivity index (χ0) is 7.56. The van der Waals surface area contributed by atoms with Gasteiger partial charge in [0, 0.05) is 18.8 Å². The molecule has 1 heterocycles. The molecular weight excluding hydrogens is 124 g/mol. The molecule has 10 heavy (non-hydrogen) atoms. The molecule has 0 bridgehead atoms. The van der Waals surface area contributed by atoms with Crippen LogP contribution in [0.3, 0.4) is 0 Å². The third-order valence-corrected chi connectivity index (χ3v) is 1.93. The van der Waals surface area contributed by atoms with Crippen LogP contribution in [0.1, 0.15) is 13.8 Å². The topological polar surface area (TPSA) is 15.3 Å². The summed E-state index contributed by atoms with van der Waals surface area (Å²) < 4.78 is 0. The van der Waals surface area contributed by atoms with Crippen LogP contribution < -0.4 is 5.32 Å². The molecule has 0 aliphatic carbocycles. The van der Waals surface area contributed by atoms with Crippen molar-refractivity contribution < 1.29 is 0 Å². The third-order valence-electron chi connectivity index (χ3n) is 1.93. The molecule has 1 fully saturated rings. The maximum absolute atomic E-state index is 4.02. The van der Waals surface area contributed by atoms with E-state index in [0.717, 1.165) is 19.8 Å². The van der Waals surface area contributed by atoms with Crippen LogP contribution in [-0.2, 0) is 0 Å². The Morgan fingerprint density at radius 3 is 2.70 bits per heavy atom. The van der Waals surface area contributed by atoms with Crippen molar-refractivity contribution in [3.63, 3.8) is 0 Å². The monoisotopic (exact) mass is 140 g/mol. The molecule has 0 aromatic rings. The minimum atomic E-state index is 0.583. The second-order valence-corrected chi connectivity index (χ2v) is 3.07. The molecule has 1 aliphatic rings. The van der Waals surface area contributed by atoms with Crippen LogP contribution in [0.4, 0.5) is 0 Å². The highest BCUT2D eigenvalue weighted by Gasteiger charge is 2.13. The van der Waals surface area contributed by atoms with Gasteiger partial charge in [0.25, 0.3) is 0 Å². The average Bonchev–Trinajstić information content (AvgIpc) is 2.36. The van der Waals surface area contributed by atoms with Crippen LogP contribution in [-0.4, -0.2) is 24.7 Å². The Morgan fingerprint density at radius 2 is 2.30 bits per heavy atom. The first-order valence-electron chi connectivity index (χ1n) is 3.86. The summed E-state index contributed by atoms with van der Waals surface area (Å²) in [5.74, 6) is 0.583. The minimum absolute atomic E-state index is 0.583. The standard InChI is InChI=1S/C8H16N2/c1-7(2)8(3)10-5-4-9-6-10/h7,9H,3-6H2,1-2H3. The molecule has 1 saturated heterocycles. The van der Waals surface area contributed by atoms with Crippen molar-refractivity contribution in [1.82, 2.24) is 10.2 Å². The summed E-state index contributed by atoms with van der Waals surface area (Å²) in [5, 5.41) is 3.27. The van der Waals surface area contributed by atoms with Gasteiger partial charge in [-0.25, -0.2) is 0 Å². The van der Waals surface area contributed by atoms with Gasteiger partial charge in [0.05, 0.1) is 6.67 Å². The molecule has 58 valence electrons. The van der Waals surface area contributed by atoms with Gasteiger partial charge in [0.15, 0.2) is 0 Å². The molecule has 2 heteroatoms. The number of allylic oxidation sites excluding steroid dienone is 1. The molecule has 2 nitrogen and oxygen atoms in total. The Labute approximate surface area is 62.9 Å². The van der Waals surface area contributed by atoms with Crippen LogP contribution in [0.2, 0.25) is 0 Å². The van der Waals surface area contributed by atoms with Crippen LogP contribution in [0.15, 0.2) is 12.3 Å². The van der Waals surface area contributed by atoms with Crippen LogP contribution in [0.25, 0.3) is 0 Å². The van der Waals surface area contributed by atoms with E-state index in [2.05, 4.69) is 30.6 Å². The highest BCUT2D eigenvalue weighted by molar-refractivity contribution is 4.98. The van der Waals surface area contributed by atoms with E-state index in [4.69, 9.17) is 0 Å². The van der Waals surface area contributed by atoms with Gasteiger partial charge in [0.1, 0.15) is 0 Å². The zero-order valence-electron chi connectivity index (χ0n) is 6.85. The van der Waals surface area contributed by atoms with E-state index in [1.807, 2.05) is 0 Å². The smallest absolute Gasteiger partial charge is 0.0680 e. The van der Waals surface area contributed by atoms with Gasteiger partial charge in [-0.2, -0.15) is 0 Å². The molecule has 1 rings (SSSR count). The fourth-order valence-corrected chi connectivity index (χ4v) is 1.12. The van der Waals surface area contributed by atoms with Crippen molar-refractivity contribution in [2.24, 2.45) is 5.92 Å². The summed E-state index contributed by atoms with van der Waals surface area (Å²) in [6.07, 6.45) is 0. The lowest BCUT2D eigenvalue weighted by Crippen LogP contribution is -2.23. The summed E-state index contributed by atoms with van der Waals surface area (Å²) in [6.45, 7) is 11.6. The van der Waals surface area contributed by atoms with E-state index in [0.29, 0.717) is 5.92 Å².